The molecule has 0 saturated carbocycles. The number of ketones is 1. The fourth-order valence-corrected chi connectivity index (χ4v) is 3.58. The molecule has 0 aliphatic heterocycles. The Balaban J connectivity index is 1.74. The fraction of sp³-hybridized carbons (Fsp3) is 0.120. The lowest BCUT2D eigenvalue weighted by Crippen LogP contribution is -2.17. The van der Waals surface area contributed by atoms with Gasteiger partial charge in [0.05, 0.1) is 18.7 Å². The molecule has 2 aromatic carbocycles. The molecule has 0 radical (unpaired) electrons. The van der Waals surface area contributed by atoms with Crippen molar-refractivity contribution in [1.29, 1.82) is 0 Å². The largest absolute Gasteiger partial charge is 0.573 e. The number of aromatic nitrogens is 4. The van der Waals surface area contributed by atoms with E-state index in [4.69, 9.17) is 16.3 Å². The summed E-state index contributed by atoms with van der Waals surface area (Å²) in [6.45, 7) is -0.0321. The minimum Gasteiger partial charge on any atom is -0.496 e. The van der Waals surface area contributed by atoms with E-state index in [-0.39, 0.29) is 22.8 Å². The summed E-state index contributed by atoms with van der Waals surface area (Å²) < 4.78 is 48.9. The molecule has 36 heavy (non-hydrogen) atoms. The topological polar surface area (TPSA) is 79.1 Å². The maximum atomic E-state index is 12.7. The molecular formula is C25H16ClF3N4O3. The van der Waals surface area contributed by atoms with Gasteiger partial charge in [-0.05, 0) is 54.3 Å². The van der Waals surface area contributed by atoms with E-state index in [0.717, 1.165) is 6.07 Å². The summed E-state index contributed by atoms with van der Waals surface area (Å²) in [7, 11) is 1.39. The highest BCUT2D eigenvalue weighted by atomic mass is 35.5. The van der Waals surface area contributed by atoms with Gasteiger partial charge in [0.1, 0.15) is 17.2 Å². The van der Waals surface area contributed by atoms with Crippen molar-refractivity contribution in [1.82, 2.24) is 20.0 Å². The van der Waals surface area contributed by atoms with Gasteiger partial charge in [0.2, 0.25) is 5.78 Å². The smallest absolute Gasteiger partial charge is 0.496 e. The average molecular weight is 513 g/mol. The van der Waals surface area contributed by atoms with Gasteiger partial charge in [-0.3, -0.25) is 9.78 Å². The molecule has 0 amide bonds. The van der Waals surface area contributed by atoms with Crippen molar-refractivity contribution in [3.05, 3.63) is 88.8 Å². The minimum absolute atomic E-state index is 0.0321. The van der Waals surface area contributed by atoms with Gasteiger partial charge >= 0.3 is 6.36 Å². The Hall–Kier alpha value is -4.36. The molecular weight excluding hydrogens is 497 g/mol. The van der Waals surface area contributed by atoms with Gasteiger partial charge in [-0.25, -0.2) is 4.68 Å². The van der Waals surface area contributed by atoms with Gasteiger partial charge < -0.3 is 9.47 Å². The van der Waals surface area contributed by atoms with E-state index in [0.29, 0.717) is 22.6 Å². The number of alkyl halides is 3. The highest BCUT2D eigenvalue weighted by Crippen LogP contribution is 2.30. The lowest BCUT2D eigenvalue weighted by atomic mass is 10.1. The van der Waals surface area contributed by atoms with Crippen molar-refractivity contribution in [3.8, 4) is 34.6 Å². The quantitative estimate of drug-likeness (QED) is 0.261. The standard InChI is InChI=1S/C25H16ClF3N4O3/c1-35-23-11-8-18(36-25(27,28)29)13-17(23)15-33-24(16-5-4-12-30-14-16)21(31-32-33)9-10-22(34)19-6-2-3-7-20(19)26/h2-8,11-14H,15H2,1H3. The monoisotopic (exact) mass is 512 g/mol. The average Bonchev–Trinajstić information content (AvgIpc) is 3.25. The van der Waals surface area contributed by atoms with E-state index in [1.165, 1.54) is 23.9 Å². The van der Waals surface area contributed by atoms with Crippen LogP contribution in [0.1, 0.15) is 21.6 Å². The van der Waals surface area contributed by atoms with Gasteiger partial charge in [0.25, 0.3) is 0 Å². The van der Waals surface area contributed by atoms with Crippen LogP contribution in [0.5, 0.6) is 11.5 Å². The van der Waals surface area contributed by atoms with Crippen molar-refractivity contribution in [2.24, 2.45) is 0 Å². The Kier molecular flexibility index (Phi) is 7.22. The van der Waals surface area contributed by atoms with E-state index < -0.39 is 17.9 Å². The van der Waals surface area contributed by atoms with E-state index in [1.807, 2.05) is 0 Å². The molecule has 0 aliphatic rings. The van der Waals surface area contributed by atoms with Crippen molar-refractivity contribution < 1.29 is 27.4 Å². The van der Waals surface area contributed by atoms with Crippen molar-refractivity contribution in [2.75, 3.05) is 7.11 Å². The molecule has 0 spiro atoms. The van der Waals surface area contributed by atoms with Crippen LogP contribution in [0.25, 0.3) is 11.3 Å². The highest BCUT2D eigenvalue weighted by molar-refractivity contribution is 6.35. The molecule has 0 bridgehead atoms. The zero-order valence-corrected chi connectivity index (χ0v) is 19.3. The maximum absolute atomic E-state index is 12.7. The second kappa shape index (κ2) is 10.5. The zero-order chi connectivity index (χ0) is 25.7. The number of nitrogens with zero attached hydrogens (tertiary/aromatic N) is 4. The number of pyridine rings is 1. The van der Waals surface area contributed by atoms with Crippen LogP contribution in [-0.2, 0) is 6.54 Å². The third-order valence-corrected chi connectivity index (χ3v) is 5.22. The Morgan fingerprint density at radius 1 is 1.14 bits per heavy atom. The van der Waals surface area contributed by atoms with E-state index >= 15 is 0 Å². The van der Waals surface area contributed by atoms with E-state index in [2.05, 4.69) is 31.9 Å². The van der Waals surface area contributed by atoms with E-state index in [9.17, 15) is 18.0 Å². The number of hydrogen-bond donors (Lipinski definition) is 0. The first kappa shape index (κ1) is 24.8. The molecule has 2 aromatic heterocycles. The van der Waals surface area contributed by atoms with Crippen LogP contribution < -0.4 is 9.47 Å². The number of ether oxygens (including phenoxy) is 2. The summed E-state index contributed by atoms with van der Waals surface area (Å²) >= 11 is 6.08. The van der Waals surface area contributed by atoms with Crippen LogP contribution in [0.4, 0.5) is 13.2 Å². The first-order valence-electron chi connectivity index (χ1n) is 10.3. The molecule has 11 heteroatoms. The number of hydrogen-bond acceptors (Lipinski definition) is 6. The molecule has 4 rings (SSSR count). The summed E-state index contributed by atoms with van der Waals surface area (Å²) in [6.07, 6.45) is -1.72. The summed E-state index contributed by atoms with van der Waals surface area (Å²) in [4.78, 5) is 16.7. The Labute approximate surface area is 208 Å². The number of carbonyl (C=O) groups excluding carboxylic acids is 1. The lowest BCUT2D eigenvalue weighted by Gasteiger charge is -2.14. The molecule has 0 fully saturated rings. The highest BCUT2D eigenvalue weighted by Gasteiger charge is 2.31. The van der Waals surface area contributed by atoms with E-state index in [1.54, 1.807) is 48.8 Å². The van der Waals surface area contributed by atoms with Gasteiger partial charge in [-0.2, -0.15) is 0 Å². The third kappa shape index (κ3) is 5.82. The van der Waals surface area contributed by atoms with Crippen molar-refractivity contribution in [3.63, 3.8) is 0 Å². The minimum atomic E-state index is -4.85. The molecule has 0 atom stereocenters. The fourth-order valence-electron chi connectivity index (χ4n) is 3.36. The van der Waals surface area contributed by atoms with Crippen molar-refractivity contribution >= 4 is 17.4 Å². The molecule has 182 valence electrons. The zero-order valence-electron chi connectivity index (χ0n) is 18.6. The van der Waals surface area contributed by atoms with Crippen LogP contribution in [-0.4, -0.2) is 39.2 Å². The number of methoxy groups -OCH3 is 1. The van der Waals surface area contributed by atoms with Crippen LogP contribution in [0.2, 0.25) is 5.02 Å². The Bertz CT molecular complexity index is 1460. The van der Waals surface area contributed by atoms with Crippen LogP contribution in [0.3, 0.4) is 0 Å². The molecule has 7 nitrogen and oxygen atoms in total. The predicted molar refractivity (Wildman–Crippen MR) is 125 cm³/mol. The number of Topliss-reactive ketones (excluding diaryl/α,β-unsaturated/α-hetero) is 1. The van der Waals surface area contributed by atoms with Gasteiger partial charge in [0.15, 0.2) is 5.69 Å². The summed E-state index contributed by atoms with van der Waals surface area (Å²) in [5.74, 6) is 4.65. The maximum Gasteiger partial charge on any atom is 0.573 e. The third-order valence-electron chi connectivity index (χ3n) is 4.89. The first-order chi connectivity index (χ1) is 17.2. The van der Waals surface area contributed by atoms with Crippen molar-refractivity contribution in [2.45, 2.75) is 12.9 Å². The summed E-state index contributed by atoms with van der Waals surface area (Å²) in [5.41, 5.74) is 1.75. The number of rotatable bonds is 6. The second-order valence-corrected chi connectivity index (χ2v) is 7.67. The Morgan fingerprint density at radius 3 is 2.64 bits per heavy atom. The molecule has 0 aliphatic carbocycles. The van der Waals surface area contributed by atoms with Crippen LogP contribution in [0, 0.1) is 11.8 Å². The molecule has 2 heterocycles. The lowest BCUT2D eigenvalue weighted by molar-refractivity contribution is -0.274. The van der Waals surface area contributed by atoms with Crippen LogP contribution >= 0.6 is 11.6 Å². The normalized spacial score (nSPS) is 10.9. The molecule has 0 saturated heterocycles. The number of carbonyl (C=O) groups is 1. The first-order valence-corrected chi connectivity index (χ1v) is 10.7. The number of halogens is 4. The SMILES string of the molecule is COc1ccc(OC(F)(F)F)cc1Cn1nnc(C#CC(=O)c2ccccc2Cl)c1-c1cccnc1. The Morgan fingerprint density at radius 2 is 1.94 bits per heavy atom. The summed E-state index contributed by atoms with van der Waals surface area (Å²) in [5, 5.41) is 8.47. The summed E-state index contributed by atoms with van der Waals surface area (Å²) in [6, 6.07) is 13.6. The van der Waals surface area contributed by atoms with Gasteiger partial charge in [-0.1, -0.05) is 28.9 Å². The second-order valence-electron chi connectivity index (χ2n) is 7.27. The molecule has 0 unspecified atom stereocenters. The predicted octanol–water partition coefficient (Wildman–Crippen LogP) is 5.18. The van der Waals surface area contributed by atoms with Gasteiger partial charge in [0, 0.05) is 29.1 Å². The van der Waals surface area contributed by atoms with Gasteiger partial charge in [-0.15, -0.1) is 18.3 Å². The molecule has 4 aromatic rings. The number of benzene rings is 2. The van der Waals surface area contributed by atoms with Crippen LogP contribution in [0.15, 0.2) is 67.0 Å². The molecule has 0 N–H and O–H groups in total.